The molecule has 0 rings (SSSR count). The number of hydrogen-bond acceptors (Lipinski definition) is 4. The quantitative estimate of drug-likeness (QED) is 0.785. The highest BCUT2D eigenvalue weighted by molar-refractivity contribution is 7.98. The third-order valence-corrected chi connectivity index (χ3v) is 3.53. The summed E-state index contributed by atoms with van der Waals surface area (Å²) in [4.78, 5) is 13.2. The Morgan fingerprint density at radius 3 is 2.35 bits per heavy atom. The van der Waals surface area contributed by atoms with Crippen LogP contribution in [0, 0.1) is 17.2 Å². The smallest absolute Gasteiger partial charge is 0.237 e. The minimum Gasteiger partial charge on any atom is -0.378 e. The van der Waals surface area contributed by atoms with Crippen molar-refractivity contribution in [1.29, 1.82) is 5.26 Å². The zero-order valence-corrected chi connectivity index (χ0v) is 14.5. The number of amides is 1. The number of thioether (sulfide) groups is 1. The van der Waals surface area contributed by atoms with Crippen molar-refractivity contribution in [2.75, 3.05) is 25.6 Å². The molecule has 0 radical (unpaired) electrons. The van der Waals surface area contributed by atoms with E-state index >= 15 is 0 Å². The number of carbonyl (C=O) groups excluding carboxylic acids is 1. The fourth-order valence-corrected chi connectivity index (χ4v) is 1.58. The Morgan fingerprint density at radius 1 is 1.45 bits per heavy atom. The van der Waals surface area contributed by atoms with Crippen molar-refractivity contribution in [3.63, 3.8) is 0 Å². The molecule has 0 spiro atoms. The summed E-state index contributed by atoms with van der Waals surface area (Å²) < 4.78 is 0. The zero-order valence-electron chi connectivity index (χ0n) is 13.7. The van der Waals surface area contributed by atoms with E-state index in [1.807, 2.05) is 31.7 Å². The molecule has 116 valence electrons. The average Bonchev–Trinajstić information content (AvgIpc) is 2.45. The van der Waals surface area contributed by atoms with Gasteiger partial charge in [-0.15, -0.1) is 0 Å². The third kappa shape index (κ3) is 10.7. The average molecular weight is 299 g/mol. The second-order valence-corrected chi connectivity index (χ2v) is 5.55. The summed E-state index contributed by atoms with van der Waals surface area (Å²) in [5, 5.41) is 11.1. The number of nitriles is 1. The molecule has 2 unspecified atom stereocenters. The molecule has 0 aliphatic heterocycles. The fourth-order valence-electron chi connectivity index (χ4n) is 1.03. The molecule has 0 heterocycles. The molecule has 0 fully saturated rings. The van der Waals surface area contributed by atoms with Gasteiger partial charge in [0.25, 0.3) is 0 Å². The SMILES string of the molecule is C=C(CSC)N(C)CC.CCC(C)NC(=O)C(C)C#N. The lowest BCUT2D eigenvalue weighted by atomic mass is 10.1. The number of rotatable bonds is 7. The highest BCUT2D eigenvalue weighted by Crippen LogP contribution is 2.04. The standard InChI is InChI=1S/C8H14N2O.C7H15NS/c1-4-7(3)10-8(11)6(2)5-9;1-5-8(3)7(2)6-9-4/h6-7H,4H2,1-3H3,(H,10,11);2,5-6H2,1,3-4H3. The van der Waals surface area contributed by atoms with E-state index in [1.54, 1.807) is 6.92 Å². The minimum atomic E-state index is -0.538. The van der Waals surface area contributed by atoms with Crippen LogP contribution in [0.4, 0.5) is 0 Å². The van der Waals surface area contributed by atoms with Crippen LogP contribution in [0.5, 0.6) is 0 Å². The van der Waals surface area contributed by atoms with E-state index in [2.05, 4.69) is 37.0 Å². The third-order valence-electron chi connectivity index (χ3n) is 2.91. The fraction of sp³-hybridized carbons (Fsp3) is 0.733. The van der Waals surface area contributed by atoms with Crippen LogP contribution in [0.1, 0.15) is 34.1 Å². The largest absolute Gasteiger partial charge is 0.378 e. The molecule has 1 amide bonds. The lowest BCUT2D eigenvalue weighted by Gasteiger charge is -2.18. The summed E-state index contributed by atoms with van der Waals surface area (Å²) in [5.74, 6) is 0.329. The van der Waals surface area contributed by atoms with Crippen LogP contribution in [0.3, 0.4) is 0 Å². The molecule has 1 N–H and O–H groups in total. The van der Waals surface area contributed by atoms with E-state index in [0.29, 0.717) is 0 Å². The topological polar surface area (TPSA) is 56.1 Å². The Kier molecular flexibility index (Phi) is 13.6. The van der Waals surface area contributed by atoms with E-state index in [-0.39, 0.29) is 11.9 Å². The molecule has 0 saturated heterocycles. The van der Waals surface area contributed by atoms with Gasteiger partial charge in [0, 0.05) is 31.1 Å². The maximum Gasteiger partial charge on any atom is 0.237 e. The molecule has 0 aromatic carbocycles. The molecule has 0 aromatic rings. The summed E-state index contributed by atoms with van der Waals surface area (Å²) in [6, 6.07) is 2.05. The molecule has 5 heteroatoms. The van der Waals surface area contributed by atoms with Gasteiger partial charge >= 0.3 is 0 Å². The summed E-state index contributed by atoms with van der Waals surface area (Å²) in [6.45, 7) is 12.6. The van der Waals surface area contributed by atoms with Crippen LogP contribution in [0.2, 0.25) is 0 Å². The molecule has 0 bridgehead atoms. The second kappa shape index (κ2) is 12.9. The normalized spacial score (nSPS) is 12.2. The van der Waals surface area contributed by atoms with E-state index in [1.165, 1.54) is 5.70 Å². The Labute approximate surface area is 128 Å². The van der Waals surface area contributed by atoms with Crippen molar-refractivity contribution < 1.29 is 4.79 Å². The number of nitrogens with one attached hydrogen (secondary N) is 1. The van der Waals surface area contributed by atoms with Gasteiger partial charge in [-0.3, -0.25) is 4.79 Å². The van der Waals surface area contributed by atoms with Crippen molar-refractivity contribution >= 4 is 17.7 Å². The van der Waals surface area contributed by atoms with E-state index < -0.39 is 5.92 Å². The van der Waals surface area contributed by atoms with Gasteiger partial charge in [-0.25, -0.2) is 0 Å². The van der Waals surface area contributed by atoms with Crippen molar-refractivity contribution in [3.8, 4) is 6.07 Å². The number of carbonyl (C=O) groups is 1. The molecule has 0 saturated carbocycles. The van der Waals surface area contributed by atoms with E-state index in [0.717, 1.165) is 18.7 Å². The Hall–Kier alpha value is -1.15. The first-order chi connectivity index (χ1) is 9.33. The first kappa shape index (κ1) is 21.2. The first-order valence-electron chi connectivity index (χ1n) is 6.91. The lowest BCUT2D eigenvalue weighted by Crippen LogP contribution is -2.35. The highest BCUT2D eigenvalue weighted by atomic mass is 32.2. The van der Waals surface area contributed by atoms with Crippen LogP contribution >= 0.6 is 11.8 Å². The molecular weight excluding hydrogens is 270 g/mol. The highest BCUT2D eigenvalue weighted by Gasteiger charge is 2.12. The predicted octanol–water partition coefficient (Wildman–Crippen LogP) is 2.88. The van der Waals surface area contributed by atoms with Crippen molar-refractivity contribution in [1.82, 2.24) is 10.2 Å². The molecule has 0 aromatic heterocycles. The van der Waals surface area contributed by atoms with Crippen LogP contribution in [0.15, 0.2) is 12.3 Å². The van der Waals surface area contributed by atoms with Gasteiger partial charge in [-0.05, 0) is 33.4 Å². The van der Waals surface area contributed by atoms with Crippen molar-refractivity contribution in [2.45, 2.75) is 40.2 Å². The van der Waals surface area contributed by atoms with Gasteiger partial charge in [0.2, 0.25) is 5.91 Å². The van der Waals surface area contributed by atoms with E-state index in [9.17, 15) is 4.79 Å². The van der Waals surface area contributed by atoms with Crippen LogP contribution in [-0.2, 0) is 4.79 Å². The van der Waals surface area contributed by atoms with Crippen molar-refractivity contribution in [2.24, 2.45) is 5.92 Å². The van der Waals surface area contributed by atoms with Crippen molar-refractivity contribution in [3.05, 3.63) is 12.3 Å². The van der Waals surface area contributed by atoms with Gasteiger partial charge < -0.3 is 10.2 Å². The van der Waals surface area contributed by atoms with Gasteiger partial charge in [0.1, 0.15) is 5.92 Å². The first-order valence-corrected chi connectivity index (χ1v) is 8.31. The minimum absolute atomic E-state index is 0.165. The van der Waals surface area contributed by atoms with Gasteiger partial charge in [-0.1, -0.05) is 13.5 Å². The maximum absolute atomic E-state index is 11.0. The monoisotopic (exact) mass is 299 g/mol. The summed E-state index contributed by atoms with van der Waals surface area (Å²) in [5.41, 5.74) is 1.21. The van der Waals surface area contributed by atoms with Gasteiger partial charge in [0.15, 0.2) is 0 Å². The van der Waals surface area contributed by atoms with Crippen LogP contribution in [-0.4, -0.2) is 42.4 Å². The van der Waals surface area contributed by atoms with Gasteiger partial charge in [-0.2, -0.15) is 17.0 Å². The predicted molar refractivity (Wildman–Crippen MR) is 88.5 cm³/mol. The zero-order chi connectivity index (χ0) is 16.1. The van der Waals surface area contributed by atoms with E-state index in [4.69, 9.17) is 5.26 Å². The number of nitrogens with zero attached hydrogens (tertiary/aromatic N) is 2. The summed E-state index contributed by atoms with van der Waals surface area (Å²) in [6.07, 6.45) is 2.98. The molecule has 0 aliphatic rings. The Bertz CT molecular complexity index is 326. The maximum atomic E-state index is 11.0. The number of hydrogen-bond donors (Lipinski definition) is 1. The molecular formula is C15H29N3OS. The van der Waals surface area contributed by atoms with Crippen LogP contribution in [0.25, 0.3) is 0 Å². The summed E-state index contributed by atoms with van der Waals surface area (Å²) >= 11 is 1.81. The Morgan fingerprint density at radius 2 is 2.00 bits per heavy atom. The lowest BCUT2D eigenvalue weighted by molar-refractivity contribution is -0.123. The molecule has 0 aliphatic carbocycles. The summed E-state index contributed by atoms with van der Waals surface area (Å²) in [7, 11) is 2.07. The molecule has 2 atom stereocenters. The second-order valence-electron chi connectivity index (χ2n) is 4.68. The van der Waals surface area contributed by atoms with Crippen LogP contribution < -0.4 is 5.32 Å². The Balaban J connectivity index is 0. The molecule has 4 nitrogen and oxygen atoms in total. The van der Waals surface area contributed by atoms with Gasteiger partial charge in [0.05, 0.1) is 6.07 Å². The molecule has 20 heavy (non-hydrogen) atoms.